The smallest absolute Gasteiger partial charge is 0.261 e. The first-order valence-corrected chi connectivity index (χ1v) is 8.03. The van der Waals surface area contributed by atoms with Gasteiger partial charge in [-0.1, -0.05) is 19.1 Å². The quantitative estimate of drug-likeness (QED) is 0.784. The number of nitrogens with one attached hydrogen (secondary N) is 2. The Labute approximate surface area is 147 Å². The highest BCUT2D eigenvalue weighted by atomic mass is 32.1. The van der Waals surface area contributed by atoms with Gasteiger partial charge in [0, 0.05) is 5.69 Å². The van der Waals surface area contributed by atoms with E-state index in [4.69, 9.17) is 21.7 Å². The monoisotopic (exact) mass is 344 g/mol. The minimum atomic E-state index is -0.312. The molecule has 2 rings (SSSR count). The molecule has 5 nitrogen and oxygen atoms in total. The number of anilines is 1. The fraction of sp³-hybridized carbons (Fsp3) is 0.222. The van der Waals surface area contributed by atoms with Crippen molar-refractivity contribution in [1.82, 2.24) is 5.32 Å². The van der Waals surface area contributed by atoms with E-state index in [9.17, 15) is 4.79 Å². The average Bonchev–Trinajstić information content (AvgIpc) is 2.60. The Balaban J connectivity index is 1.99. The van der Waals surface area contributed by atoms with Gasteiger partial charge in [-0.2, -0.15) is 0 Å². The maximum atomic E-state index is 12.4. The maximum absolute atomic E-state index is 12.4. The minimum Gasteiger partial charge on any atom is -0.497 e. The molecule has 2 aromatic rings. The zero-order valence-electron chi connectivity index (χ0n) is 13.7. The second-order valence-corrected chi connectivity index (χ2v) is 5.39. The zero-order valence-corrected chi connectivity index (χ0v) is 14.5. The number of carbonyl (C=O) groups is 1. The molecule has 0 heterocycles. The van der Waals surface area contributed by atoms with Crippen molar-refractivity contribution in [3.63, 3.8) is 0 Å². The second-order valence-electron chi connectivity index (χ2n) is 4.98. The molecular formula is C18H20N2O3S. The number of hydrogen-bond donors (Lipinski definition) is 2. The summed E-state index contributed by atoms with van der Waals surface area (Å²) in [5.74, 6) is 0.981. The van der Waals surface area contributed by atoms with Gasteiger partial charge in [-0.05, 0) is 55.0 Å². The van der Waals surface area contributed by atoms with Crippen molar-refractivity contribution in [3.05, 3.63) is 54.1 Å². The van der Waals surface area contributed by atoms with Gasteiger partial charge < -0.3 is 14.8 Å². The van der Waals surface area contributed by atoms with Crippen LogP contribution in [0.3, 0.4) is 0 Å². The van der Waals surface area contributed by atoms with Crippen LogP contribution in [0.2, 0.25) is 0 Å². The van der Waals surface area contributed by atoms with Gasteiger partial charge in [-0.15, -0.1) is 0 Å². The summed E-state index contributed by atoms with van der Waals surface area (Å²) in [6.45, 7) is 2.56. The Morgan fingerprint density at radius 1 is 1.12 bits per heavy atom. The molecule has 0 atom stereocenters. The van der Waals surface area contributed by atoms with Crippen LogP contribution in [-0.2, 0) is 0 Å². The molecule has 24 heavy (non-hydrogen) atoms. The number of ether oxygens (including phenoxy) is 2. The molecule has 0 saturated carbocycles. The van der Waals surface area contributed by atoms with Crippen LogP contribution in [0.25, 0.3) is 0 Å². The van der Waals surface area contributed by atoms with E-state index in [1.54, 1.807) is 37.4 Å². The number of rotatable bonds is 6. The maximum Gasteiger partial charge on any atom is 0.261 e. The van der Waals surface area contributed by atoms with Gasteiger partial charge in [0.2, 0.25) is 0 Å². The lowest BCUT2D eigenvalue weighted by Crippen LogP contribution is -2.34. The number of carbonyl (C=O) groups excluding carboxylic acids is 1. The van der Waals surface area contributed by atoms with Crippen LogP contribution in [0.5, 0.6) is 11.5 Å². The molecule has 0 spiro atoms. The second kappa shape index (κ2) is 8.88. The van der Waals surface area contributed by atoms with Crippen LogP contribution in [0.15, 0.2) is 48.5 Å². The van der Waals surface area contributed by atoms with E-state index in [0.717, 1.165) is 17.9 Å². The molecule has 0 aliphatic rings. The average molecular weight is 344 g/mol. The number of hydrogen-bond acceptors (Lipinski definition) is 4. The van der Waals surface area contributed by atoms with E-state index in [-0.39, 0.29) is 11.0 Å². The molecule has 0 aromatic heterocycles. The molecule has 6 heteroatoms. The summed E-state index contributed by atoms with van der Waals surface area (Å²) in [5.41, 5.74) is 1.21. The highest BCUT2D eigenvalue weighted by Gasteiger charge is 2.13. The summed E-state index contributed by atoms with van der Waals surface area (Å²) in [4.78, 5) is 12.4. The SMILES string of the molecule is CCCOc1ccccc1C(=O)NC(=S)Nc1ccc(OC)cc1. The molecule has 0 saturated heterocycles. The van der Waals surface area contributed by atoms with Gasteiger partial charge in [-0.3, -0.25) is 10.1 Å². The van der Waals surface area contributed by atoms with Crippen molar-refractivity contribution >= 4 is 28.9 Å². The molecule has 0 radical (unpaired) electrons. The lowest BCUT2D eigenvalue weighted by Gasteiger charge is -2.13. The Morgan fingerprint density at radius 3 is 2.50 bits per heavy atom. The zero-order chi connectivity index (χ0) is 17.4. The van der Waals surface area contributed by atoms with Crippen molar-refractivity contribution in [3.8, 4) is 11.5 Å². The molecule has 2 N–H and O–H groups in total. The minimum absolute atomic E-state index is 0.218. The Bertz CT molecular complexity index is 702. The summed E-state index contributed by atoms with van der Waals surface area (Å²) in [7, 11) is 1.60. The molecule has 126 valence electrons. The van der Waals surface area contributed by atoms with Crippen molar-refractivity contribution in [2.75, 3.05) is 19.0 Å². The normalized spacial score (nSPS) is 9.92. The topological polar surface area (TPSA) is 59.6 Å². The molecule has 0 aliphatic carbocycles. The Morgan fingerprint density at radius 2 is 1.83 bits per heavy atom. The molecule has 0 unspecified atom stereocenters. The molecule has 0 bridgehead atoms. The third-order valence-electron chi connectivity index (χ3n) is 3.17. The molecule has 2 aromatic carbocycles. The van der Waals surface area contributed by atoms with Gasteiger partial charge in [0.1, 0.15) is 11.5 Å². The van der Waals surface area contributed by atoms with E-state index in [2.05, 4.69) is 10.6 Å². The highest BCUT2D eigenvalue weighted by molar-refractivity contribution is 7.80. The van der Waals surface area contributed by atoms with E-state index < -0.39 is 0 Å². The first-order valence-electron chi connectivity index (χ1n) is 7.62. The lowest BCUT2D eigenvalue weighted by molar-refractivity contribution is 0.0973. The molecule has 0 fully saturated rings. The van der Waals surface area contributed by atoms with Crippen molar-refractivity contribution in [1.29, 1.82) is 0 Å². The first-order chi connectivity index (χ1) is 11.6. The number of thiocarbonyl (C=S) groups is 1. The first kappa shape index (κ1) is 17.7. The standard InChI is InChI=1S/C18H20N2O3S/c1-3-12-23-16-7-5-4-6-15(16)17(21)20-18(24)19-13-8-10-14(22-2)11-9-13/h4-11H,3,12H2,1-2H3,(H2,19,20,21,24). The van der Waals surface area contributed by atoms with Crippen LogP contribution in [0, 0.1) is 0 Å². The van der Waals surface area contributed by atoms with Crippen molar-refractivity contribution in [2.24, 2.45) is 0 Å². The van der Waals surface area contributed by atoms with Crippen LogP contribution in [-0.4, -0.2) is 24.7 Å². The van der Waals surface area contributed by atoms with Crippen LogP contribution in [0.1, 0.15) is 23.7 Å². The van der Waals surface area contributed by atoms with Crippen LogP contribution < -0.4 is 20.1 Å². The fourth-order valence-electron chi connectivity index (χ4n) is 2.00. The molecular weight excluding hydrogens is 324 g/mol. The highest BCUT2D eigenvalue weighted by Crippen LogP contribution is 2.18. The van der Waals surface area contributed by atoms with E-state index in [1.807, 2.05) is 25.1 Å². The van der Waals surface area contributed by atoms with Gasteiger partial charge >= 0.3 is 0 Å². The van der Waals surface area contributed by atoms with Gasteiger partial charge in [0.15, 0.2) is 5.11 Å². The number of amides is 1. The van der Waals surface area contributed by atoms with E-state index in [0.29, 0.717) is 17.9 Å². The van der Waals surface area contributed by atoms with Crippen LogP contribution >= 0.6 is 12.2 Å². The number of methoxy groups -OCH3 is 1. The number of para-hydroxylation sites is 1. The Hall–Kier alpha value is -2.60. The van der Waals surface area contributed by atoms with Crippen molar-refractivity contribution in [2.45, 2.75) is 13.3 Å². The predicted molar refractivity (Wildman–Crippen MR) is 98.9 cm³/mol. The third-order valence-corrected chi connectivity index (χ3v) is 3.37. The Kier molecular flexibility index (Phi) is 6.57. The van der Waals surface area contributed by atoms with E-state index in [1.165, 1.54) is 0 Å². The summed E-state index contributed by atoms with van der Waals surface area (Å²) < 4.78 is 10.7. The van der Waals surface area contributed by atoms with E-state index >= 15 is 0 Å². The molecule has 1 amide bonds. The van der Waals surface area contributed by atoms with Gasteiger partial charge in [-0.25, -0.2) is 0 Å². The summed E-state index contributed by atoms with van der Waals surface area (Å²) in [5, 5.41) is 5.84. The summed E-state index contributed by atoms with van der Waals surface area (Å²) >= 11 is 5.19. The van der Waals surface area contributed by atoms with Crippen LogP contribution in [0.4, 0.5) is 5.69 Å². The number of benzene rings is 2. The van der Waals surface area contributed by atoms with Crippen molar-refractivity contribution < 1.29 is 14.3 Å². The van der Waals surface area contributed by atoms with Gasteiger partial charge in [0.05, 0.1) is 19.3 Å². The lowest BCUT2D eigenvalue weighted by atomic mass is 10.2. The third kappa shape index (κ3) is 4.96. The summed E-state index contributed by atoms with van der Waals surface area (Å²) in [6, 6.07) is 14.3. The molecule has 0 aliphatic heterocycles. The largest absolute Gasteiger partial charge is 0.497 e. The fourth-order valence-corrected chi connectivity index (χ4v) is 2.21. The predicted octanol–water partition coefficient (Wildman–Crippen LogP) is 3.61. The summed E-state index contributed by atoms with van der Waals surface area (Å²) in [6.07, 6.45) is 0.868. The van der Waals surface area contributed by atoms with Gasteiger partial charge in [0.25, 0.3) is 5.91 Å².